The molecule has 0 saturated carbocycles. The molecule has 0 amide bonds. The minimum absolute atomic E-state index is 0.00726. The zero-order valence-corrected chi connectivity index (χ0v) is 18.8. The third-order valence-electron chi connectivity index (χ3n) is 3.70. The first kappa shape index (κ1) is 34.3. The lowest BCUT2D eigenvalue weighted by atomic mass is 10.1. The van der Waals surface area contributed by atoms with E-state index in [2.05, 4.69) is 40.2 Å². The van der Waals surface area contributed by atoms with E-state index in [0.29, 0.717) is 6.42 Å². The van der Waals surface area contributed by atoms with E-state index >= 15 is 0 Å². The van der Waals surface area contributed by atoms with Gasteiger partial charge in [0.15, 0.2) is 0 Å². The maximum absolute atomic E-state index is 11.5. The highest BCUT2D eigenvalue weighted by atomic mass is 16.5. The average molecular weight is 405 g/mol. The lowest BCUT2D eigenvalue weighted by Gasteiger charge is -2.12. The van der Waals surface area contributed by atoms with E-state index < -0.39 is 6.10 Å². The van der Waals surface area contributed by atoms with Crippen LogP contribution in [0.2, 0.25) is 0 Å². The molecule has 0 fully saturated rings. The molecular formula is C23H48O5. The van der Waals surface area contributed by atoms with Crippen LogP contribution in [0.15, 0.2) is 26.3 Å². The van der Waals surface area contributed by atoms with Crippen LogP contribution in [-0.4, -0.2) is 46.7 Å². The Hall–Kier alpha value is -1.17. The SMILES string of the molecule is C=C.C=C.CCCCCCCCCC(=O)OC(C)CCCC.OCC(O)CO. The first-order valence-corrected chi connectivity index (χ1v) is 10.6. The van der Waals surface area contributed by atoms with Gasteiger partial charge in [-0.2, -0.15) is 0 Å². The Labute approximate surface area is 174 Å². The summed E-state index contributed by atoms with van der Waals surface area (Å²) in [5.74, 6) is -0.00726. The zero-order chi connectivity index (χ0) is 22.6. The summed E-state index contributed by atoms with van der Waals surface area (Å²) in [6, 6.07) is 0. The van der Waals surface area contributed by atoms with Crippen LogP contribution in [-0.2, 0) is 9.53 Å². The minimum Gasteiger partial charge on any atom is -0.463 e. The zero-order valence-electron chi connectivity index (χ0n) is 18.8. The van der Waals surface area contributed by atoms with Crippen LogP contribution in [0.4, 0.5) is 0 Å². The van der Waals surface area contributed by atoms with E-state index in [9.17, 15) is 4.79 Å². The maximum atomic E-state index is 11.5. The minimum atomic E-state index is -0.954. The molecule has 5 heteroatoms. The molecule has 0 aromatic heterocycles. The Morgan fingerprint density at radius 2 is 1.25 bits per heavy atom. The normalized spacial score (nSPS) is 10.4. The van der Waals surface area contributed by atoms with Gasteiger partial charge in [0.05, 0.1) is 19.3 Å². The van der Waals surface area contributed by atoms with E-state index in [1.807, 2.05) is 6.92 Å². The first-order chi connectivity index (χ1) is 13.5. The van der Waals surface area contributed by atoms with Gasteiger partial charge in [-0.15, -0.1) is 26.3 Å². The number of hydrogen-bond acceptors (Lipinski definition) is 5. The number of carbonyl (C=O) groups is 1. The van der Waals surface area contributed by atoms with Gasteiger partial charge in [0.1, 0.15) is 6.10 Å². The fraction of sp³-hybridized carbons (Fsp3) is 0.783. The summed E-state index contributed by atoms with van der Waals surface area (Å²) >= 11 is 0. The molecular weight excluding hydrogens is 356 g/mol. The monoisotopic (exact) mass is 404 g/mol. The van der Waals surface area contributed by atoms with Gasteiger partial charge in [0.25, 0.3) is 0 Å². The van der Waals surface area contributed by atoms with Crippen LogP contribution in [0.5, 0.6) is 0 Å². The summed E-state index contributed by atoms with van der Waals surface area (Å²) < 4.78 is 5.36. The molecule has 0 saturated heterocycles. The molecule has 5 nitrogen and oxygen atoms in total. The van der Waals surface area contributed by atoms with E-state index in [-0.39, 0.29) is 25.3 Å². The number of hydrogen-bond donors (Lipinski definition) is 3. The Bertz CT molecular complexity index is 278. The van der Waals surface area contributed by atoms with Gasteiger partial charge in [-0.3, -0.25) is 4.79 Å². The van der Waals surface area contributed by atoms with Crippen molar-refractivity contribution in [3.8, 4) is 0 Å². The van der Waals surface area contributed by atoms with Crippen molar-refractivity contribution in [3.05, 3.63) is 26.3 Å². The second-order valence-electron chi connectivity index (χ2n) is 6.33. The van der Waals surface area contributed by atoms with E-state index in [4.69, 9.17) is 20.1 Å². The molecule has 0 aliphatic rings. The Balaban J connectivity index is -0.000000241. The van der Waals surface area contributed by atoms with Gasteiger partial charge in [-0.25, -0.2) is 0 Å². The molecule has 0 heterocycles. The second kappa shape index (κ2) is 33.4. The molecule has 0 spiro atoms. The summed E-state index contributed by atoms with van der Waals surface area (Å²) in [6.07, 6.45) is 11.8. The van der Waals surface area contributed by atoms with Crippen molar-refractivity contribution in [3.63, 3.8) is 0 Å². The van der Waals surface area contributed by atoms with Crippen molar-refractivity contribution in [1.29, 1.82) is 0 Å². The molecule has 1 atom stereocenters. The van der Waals surface area contributed by atoms with Crippen molar-refractivity contribution in [2.45, 2.75) is 104 Å². The van der Waals surface area contributed by atoms with Crippen LogP contribution in [0, 0.1) is 0 Å². The number of carbonyl (C=O) groups excluding carboxylic acids is 1. The summed E-state index contributed by atoms with van der Waals surface area (Å²) in [7, 11) is 0. The van der Waals surface area contributed by atoms with Gasteiger partial charge >= 0.3 is 5.97 Å². The van der Waals surface area contributed by atoms with Crippen LogP contribution in [0.25, 0.3) is 0 Å². The van der Waals surface area contributed by atoms with Gasteiger partial charge in [0, 0.05) is 6.42 Å². The highest BCUT2D eigenvalue weighted by molar-refractivity contribution is 5.69. The molecule has 0 bridgehead atoms. The van der Waals surface area contributed by atoms with Crippen LogP contribution < -0.4 is 0 Å². The lowest BCUT2D eigenvalue weighted by Crippen LogP contribution is -2.15. The van der Waals surface area contributed by atoms with Gasteiger partial charge in [0.2, 0.25) is 0 Å². The van der Waals surface area contributed by atoms with Crippen LogP contribution >= 0.6 is 0 Å². The number of esters is 1. The molecule has 0 radical (unpaired) electrons. The molecule has 0 aliphatic heterocycles. The topological polar surface area (TPSA) is 87.0 Å². The standard InChI is InChI=1S/C16H32O2.C3H8O3.2C2H4/c1-4-6-8-9-10-11-12-14-16(17)18-15(3)13-7-5-2;4-1-3(6)2-5;2*1-2/h15H,4-14H2,1-3H3;3-6H,1-2H2;2*1-2H2. The quantitative estimate of drug-likeness (QED) is 0.211. The van der Waals surface area contributed by atoms with Crippen molar-refractivity contribution in [2.24, 2.45) is 0 Å². The van der Waals surface area contributed by atoms with Crippen molar-refractivity contribution >= 4 is 5.97 Å². The second-order valence-corrected chi connectivity index (χ2v) is 6.33. The molecule has 3 N–H and O–H groups in total. The Morgan fingerprint density at radius 3 is 1.64 bits per heavy atom. The predicted octanol–water partition coefficient (Wildman–Crippen LogP) is 5.19. The molecule has 1 unspecified atom stereocenters. The number of unbranched alkanes of at least 4 members (excludes halogenated alkanes) is 7. The largest absolute Gasteiger partial charge is 0.463 e. The predicted molar refractivity (Wildman–Crippen MR) is 120 cm³/mol. The highest BCUT2D eigenvalue weighted by Crippen LogP contribution is 2.10. The third-order valence-corrected chi connectivity index (χ3v) is 3.70. The van der Waals surface area contributed by atoms with Crippen LogP contribution in [0.1, 0.15) is 91.4 Å². The maximum Gasteiger partial charge on any atom is 0.306 e. The first-order valence-electron chi connectivity index (χ1n) is 10.6. The third kappa shape index (κ3) is 35.9. The van der Waals surface area contributed by atoms with Crippen molar-refractivity contribution < 1.29 is 24.9 Å². The number of aliphatic hydroxyl groups excluding tert-OH is 3. The number of rotatable bonds is 14. The Morgan fingerprint density at radius 1 is 0.821 bits per heavy atom. The van der Waals surface area contributed by atoms with E-state index in [1.165, 1.54) is 44.9 Å². The van der Waals surface area contributed by atoms with Gasteiger partial charge in [-0.05, 0) is 19.8 Å². The van der Waals surface area contributed by atoms with Gasteiger partial charge < -0.3 is 20.1 Å². The average Bonchev–Trinajstić information content (AvgIpc) is 2.74. The van der Waals surface area contributed by atoms with E-state index in [1.54, 1.807) is 0 Å². The summed E-state index contributed by atoms with van der Waals surface area (Å²) in [5.41, 5.74) is 0. The number of ether oxygens (including phenoxy) is 1. The van der Waals surface area contributed by atoms with Gasteiger partial charge in [-0.1, -0.05) is 65.2 Å². The highest BCUT2D eigenvalue weighted by Gasteiger charge is 2.08. The fourth-order valence-electron chi connectivity index (χ4n) is 2.12. The van der Waals surface area contributed by atoms with Crippen LogP contribution in [0.3, 0.4) is 0 Å². The summed E-state index contributed by atoms with van der Waals surface area (Å²) in [6.45, 7) is 17.7. The molecule has 170 valence electrons. The summed E-state index contributed by atoms with van der Waals surface area (Å²) in [5, 5.41) is 24.0. The molecule has 0 aromatic carbocycles. The fourth-order valence-corrected chi connectivity index (χ4v) is 2.12. The Kier molecular flexibility index (Phi) is 41.0. The van der Waals surface area contributed by atoms with Crippen molar-refractivity contribution in [2.75, 3.05) is 13.2 Å². The molecule has 0 aromatic rings. The van der Waals surface area contributed by atoms with E-state index in [0.717, 1.165) is 19.3 Å². The lowest BCUT2D eigenvalue weighted by molar-refractivity contribution is -0.148. The van der Waals surface area contributed by atoms with Crippen molar-refractivity contribution in [1.82, 2.24) is 0 Å². The number of aliphatic hydroxyl groups is 3. The molecule has 28 heavy (non-hydrogen) atoms. The smallest absolute Gasteiger partial charge is 0.306 e. The summed E-state index contributed by atoms with van der Waals surface area (Å²) in [4.78, 5) is 11.5. The molecule has 0 rings (SSSR count). The molecule has 0 aliphatic carbocycles.